The van der Waals surface area contributed by atoms with Crippen LogP contribution in [0.4, 0.5) is 4.79 Å². The largest absolute Gasteiger partial charge is 0.353 e. The van der Waals surface area contributed by atoms with Gasteiger partial charge in [0.2, 0.25) is 5.91 Å². The van der Waals surface area contributed by atoms with Crippen LogP contribution in [0, 0.1) is 0 Å². The van der Waals surface area contributed by atoms with Gasteiger partial charge in [-0.1, -0.05) is 30.7 Å². The van der Waals surface area contributed by atoms with Crippen molar-refractivity contribution in [2.75, 3.05) is 19.8 Å². The number of likely N-dealkylation sites (N-methyl/N-ethyl adjacent to an activating group) is 1. The molecule has 1 aromatic carbocycles. The van der Waals surface area contributed by atoms with Crippen LogP contribution in [0.2, 0.25) is 5.02 Å². The van der Waals surface area contributed by atoms with Gasteiger partial charge in [0.05, 0.1) is 13.2 Å². The van der Waals surface area contributed by atoms with Crippen molar-refractivity contribution >= 4 is 29.4 Å². The molecule has 1 heterocycles. The highest BCUT2D eigenvalue weighted by Crippen LogP contribution is 2.29. The summed E-state index contributed by atoms with van der Waals surface area (Å²) in [6.45, 7) is 7.99. The van der Waals surface area contributed by atoms with E-state index in [2.05, 4.69) is 10.6 Å². The molecule has 2 rings (SSSR count). The van der Waals surface area contributed by atoms with E-state index >= 15 is 0 Å². The molecule has 0 bridgehead atoms. The van der Waals surface area contributed by atoms with Gasteiger partial charge in [-0.25, -0.2) is 9.69 Å². The maximum absolute atomic E-state index is 12.9. The molecule has 4 amide bonds. The number of benzene rings is 1. The molecule has 0 aliphatic carbocycles. The van der Waals surface area contributed by atoms with E-state index in [0.29, 0.717) is 17.1 Å². The molecular formula is C18H25ClN4O3. The zero-order chi connectivity index (χ0) is 19.5. The van der Waals surface area contributed by atoms with Gasteiger partial charge in [0.1, 0.15) is 5.54 Å². The summed E-state index contributed by atoms with van der Waals surface area (Å²) in [5.74, 6) is -0.498. The predicted molar refractivity (Wildman–Crippen MR) is 99.6 cm³/mol. The Morgan fingerprint density at radius 3 is 2.46 bits per heavy atom. The third kappa shape index (κ3) is 4.34. The molecule has 0 saturated carbocycles. The Labute approximate surface area is 158 Å². The van der Waals surface area contributed by atoms with Crippen molar-refractivity contribution in [2.45, 2.75) is 39.3 Å². The number of carbonyl (C=O) groups is 3. The van der Waals surface area contributed by atoms with Crippen molar-refractivity contribution in [3.8, 4) is 0 Å². The van der Waals surface area contributed by atoms with Gasteiger partial charge in [-0.05, 0) is 45.0 Å². The molecule has 0 aromatic heterocycles. The molecule has 2 N–H and O–H groups in total. The maximum Gasteiger partial charge on any atom is 0.326 e. The lowest BCUT2D eigenvalue weighted by Gasteiger charge is -2.26. The summed E-state index contributed by atoms with van der Waals surface area (Å²) >= 11 is 5.90. The Kier molecular flexibility index (Phi) is 6.26. The molecule has 1 saturated heterocycles. The fraction of sp³-hybridized carbons (Fsp3) is 0.500. The zero-order valence-corrected chi connectivity index (χ0v) is 16.3. The monoisotopic (exact) mass is 380 g/mol. The Hall–Kier alpha value is -2.12. The van der Waals surface area contributed by atoms with E-state index < -0.39 is 11.6 Å². The van der Waals surface area contributed by atoms with Crippen molar-refractivity contribution in [3.63, 3.8) is 0 Å². The quantitative estimate of drug-likeness (QED) is 0.708. The minimum Gasteiger partial charge on any atom is -0.353 e. The maximum atomic E-state index is 12.9. The summed E-state index contributed by atoms with van der Waals surface area (Å²) in [5, 5.41) is 6.11. The van der Waals surface area contributed by atoms with Gasteiger partial charge in [-0.2, -0.15) is 0 Å². The first-order valence-corrected chi connectivity index (χ1v) is 8.97. The Balaban J connectivity index is 2.12. The third-order valence-corrected chi connectivity index (χ3v) is 4.55. The number of imide groups is 1. The molecule has 8 heteroatoms. The van der Waals surface area contributed by atoms with Crippen LogP contribution in [0.3, 0.4) is 0 Å². The second-order valence-corrected chi connectivity index (χ2v) is 7.24. The first-order chi connectivity index (χ1) is 12.2. The number of halogens is 1. The van der Waals surface area contributed by atoms with Gasteiger partial charge < -0.3 is 10.6 Å². The second kappa shape index (κ2) is 8.05. The minimum atomic E-state index is -1.15. The van der Waals surface area contributed by atoms with Crippen molar-refractivity contribution in [3.05, 3.63) is 34.9 Å². The van der Waals surface area contributed by atoms with Crippen LogP contribution in [-0.2, 0) is 15.1 Å². The number of urea groups is 1. The molecule has 7 nitrogen and oxygen atoms in total. The highest BCUT2D eigenvalue weighted by molar-refractivity contribution is 6.30. The molecular weight excluding hydrogens is 356 g/mol. The molecule has 142 valence electrons. The fourth-order valence-corrected chi connectivity index (χ4v) is 2.96. The molecule has 1 fully saturated rings. The molecule has 0 spiro atoms. The van der Waals surface area contributed by atoms with Crippen LogP contribution in [0.5, 0.6) is 0 Å². The summed E-state index contributed by atoms with van der Waals surface area (Å²) in [6.07, 6.45) is 0. The third-order valence-electron chi connectivity index (χ3n) is 4.30. The van der Waals surface area contributed by atoms with Crippen LogP contribution in [0.1, 0.15) is 33.3 Å². The first-order valence-electron chi connectivity index (χ1n) is 8.59. The van der Waals surface area contributed by atoms with Crippen molar-refractivity contribution in [1.29, 1.82) is 0 Å². The van der Waals surface area contributed by atoms with E-state index in [1.807, 2.05) is 20.8 Å². The molecule has 0 radical (unpaired) electrons. The number of hydrogen-bond acceptors (Lipinski definition) is 4. The van der Waals surface area contributed by atoms with E-state index in [1.54, 1.807) is 36.1 Å². The predicted octanol–water partition coefficient (Wildman–Crippen LogP) is 1.91. The molecule has 1 atom stereocenters. The van der Waals surface area contributed by atoms with E-state index in [-0.39, 0.29) is 31.1 Å². The fourth-order valence-electron chi connectivity index (χ4n) is 2.84. The average Bonchev–Trinajstić information content (AvgIpc) is 2.78. The van der Waals surface area contributed by atoms with Gasteiger partial charge in [0.15, 0.2) is 0 Å². The lowest BCUT2D eigenvalue weighted by molar-refractivity contribution is -0.133. The minimum absolute atomic E-state index is 0.0334. The van der Waals surface area contributed by atoms with Gasteiger partial charge in [-0.3, -0.25) is 14.5 Å². The SMILES string of the molecule is CCN(CC(=O)NC(C)C)CN1C(=O)NC(C)(c2ccc(Cl)cc2)C1=O. The number of hydrogen-bond donors (Lipinski definition) is 2. The lowest BCUT2D eigenvalue weighted by atomic mass is 9.92. The van der Waals surface area contributed by atoms with E-state index in [0.717, 1.165) is 4.90 Å². The molecule has 26 heavy (non-hydrogen) atoms. The van der Waals surface area contributed by atoms with Crippen LogP contribution in [0.15, 0.2) is 24.3 Å². The first kappa shape index (κ1) is 20.2. The highest BCUT2D eigenvalue weighted by atomic mass is 35.5. The van der Waals surface area contributed by atoms with Gasteiger partial charge in [0.25, 0.3) is 5.91 Å². The summed E-state index contributed by atoms with van der Waals surface area (Å²) in [4.78, 5) is 40.2. The standard InChI is InChI=1S/C18H25ClN4O3/c1-5-22(10-15(24)20-12(2)3)11-23-16(25)18(4,21-17(23)26)13-6-8-14(19)9-7-13/h6-9,12H,5,10-11H2,1-4H3,(H,20,24)(H,21,26). The van der Waals surface area contributed by atoms with Crippen molar-refractivity contribution in [1.82, 2.24) is 20.4 Å². The van der Waals surface area contributed by atoms with E-state index in [4.69, 9.17) is 11.6 Å². The number of nitrogens with zero attached hydrogens (tertiary/aromatic N) is 2. The van der Waals surface area contributed by atoms with Crippen molar-refractivity contribution in [2.24, 2.45) is 0 Å². The van der Waals surface area contributed by atoms with Crippen molar-refractivity contribution < 1.29 is 14.4 Å². The molecule has 1 unspecified atom stereocenters. The summed E-state index contributed by atoms with van der Waals surface area (Å²) in [5.41, 5.74) is -0.496. The zero-order valence-electron chi connectivity index (χ0n) is 15.5. The highest BCUT2D eigenvalue weighted by Gasteiger charge is 2.49. The molecule has 1 aromatic rings. The smallest absolute Gasteiger partial charge is 0.326 e. The number of nitrogens with one attached hydrogen (secondary N) is 2. The van der Waals surface area contributed by atoms with Gasteiger partial charge in [-0.15, -0.1) is 0 Å². The van der Waals surface area contributed by atoms with Gasteiger partial charge >= 0.3 is 6.03 Å². The topological polar surface area (TPSA) is 81.8 Å². The lowest BCUT2D eigenvalue weighted by Crippen LogP contribution is -2.47. The number of amides is 4. The Morgan fingerprint density at radius 1 is 1.31 bits per heavy atom. The summed E-state index contributed by atoms with van der Waals surface area (Å²) in [7, 11) is 0. The summed E-state index contributed by atoms with van der Waals surface area (Å²) in [6, 6.07) is 6.36. The Bertz CT molecular complexity index is 692. The van der Waals surface area contributed by atoms with Crippen LogP contribution < -0.4 is 10.6 Å². The van der Waals surface area contributed by atoms with Crippen LogP contribution in [0.25, 0.3) is 0 Å². The van der Waals surface area contributed by atoms with Crippen LogP contribution >= 0.6 is 11.6 Å². The molecule has 1 aliphatic rings. The van der Waals surface area contributed by atoms with Gasteiger partial charge in [0, 0.05) is 11.1 Å². The summed E-state index contributed by atoms with van der Waals surface area (Å²) < 4.78 is 0. The van der Waals surface area contributed by atoms with Crippen LogP contribution in [-0.4, -0.2) is 53.4 Å². The second-order valence-electron chi connectivity index (χ2n) is 6.80. The Morgan fingerprint density at radius 2 is 1.92 bits per heavy atom. The molecule has 1 aliphatic heterocycles. The van der Waals surface area contributed by atoms with E-state index in [1.165, 1.54) is 0 Å². The number of rotatable bonds is 7. The normalized spacial score (nSPS) is 20.0. The average molecular weight is 381 g/mol. The number of carbonyl (C=O) groups excluding carboxylic acids is 3. The van der Waals surface area contributed by atoms with E-state index in [9.17, 15) is 14.4 Å².